The number of halogens is 1. The van der Waals surface area contributed by atoms with Crippen molar-refractivity contribution in [3.05, 3.63) is 17.5 Å². The van der Waals surface area contributed by atoms with Crippen LogP contribution in [0.3, 0.4) is 0 Å². The number of hydrogen-bond acceptors (Lipinski definition) is 3. The number of rotatable bonds is 7. The smallest absolute Gasteiger partial charge is 0.191 e. The quantitative estimate of drug-likeness (QED) is 0.307. The van der Waals surface area contributed by atoms with Gasteiger partial charge in [-0.2, -0.15) is 0 Å². The van der Waals surface area contributed by atoms with Crippen LogP contribution in [0.4, 0.5) is 0 Å². The number of nitrogens with zero attached hydrogens (tertiary/aromatic N) is 2. The zero-order chi connectivity index (χ0) is 14.9. The van der Waals surface area contributed by atoms with Gasteiger partial charge >= 0.3 is 0 Å². The van der Waals surface area contributed by atoms with E-state index >= 15 is 0 Å². The third-order valence-corrected chi connectivity index (χ3v) is 4.18. The largest absolute Gasteiger partial charge is 0.359 e. The highest BCUT2D eigenvalue weighted by Crippen LogP contribution is 2.28. The molecule has 0 bridgehead atoms. The van der Waals surface area contributed by atoms with E-state index in [2.05, 4.69) is 27.7 Å². The summed E-state index contributed by atoms with van der Waals surface area (Å²) in [5.74, 6) is 2.64. The van der Waals surface area contributed by atoms with Gasteiger partial charge in [-0.15, -0.1) is 24.0 Å². The van der Waals surface area contributed by atoms with Crippen molar-refractivity contribution in [3.63, 3.8) is 0 Å². The number of aryl methyl sites for hydroxylation is 1. The van der Waals surface area contributed by atoms with E-state index in [0.29, 0.717) is 6.54 Å². The first-order valence-electron chi connectivity index (χ1n) is 8.20. The second kappa shape index (κ2) is 10.9. The summed E-state index contributed by atoms with van der Waals surface area (Å²) in [7, 11) is 1.80. The van der Waals surface area contributed by atoms with E-state index in [0.717, 1.165) is 36.3 Å². The standard InChI is InChI=1S/C16H28N4O.HI/c1-3-14-11-15(21-20-14)12-19-16(17-2)18-10-6-9-13-7-4-5-8-13;/h11,13H,3-10,12H2,1-2H3,(H2,17,18,19);1H. The number of nitrogens with one attached hydrogen (secondary N) is 2. The molecule has 2 N–H and O–H groups in total. The minimum Gasteiger partial charge on any atom is -0.359 e. The van der Waals surface area contributed by atoms with Gasteiger partial charge in [0.25, 0.3) is 0 Å². The van der Waals surface area contributed by atoms with Crippen molar-refractivity contribution in [2.24, 2.45) is 10.9 Å². The maximum atomic E-state index is 5.25. The van der Waals surface area contributed by atoms with Crippen LogP contribution in [0.1, 0.15) is 56.9 Å². The van der Waals surface area contributed by atoms with Crippen LogP contribution in [-0.2, 0) is 13.0 Å². The van der Waals surface area contributed by atoms with Crippen LogP contribution < -0.4 is 10.6 Å². The first-order valence-corrected chi connectivity index (χ1v) is 8.20. The average Bonchev–Trinajstić information content (AvgIpc) is 3.17. The minimum absolute atomic E-state index is 0. The highest BCUT2D eigenvalue weighted by molar-refractivity contribution is 14.0. The van der Waals surface area contributed by atoms with Gasteiger partial charge in [0, 0.05) is 19.7 Å². The molecule has 2 rings (SSSR count). The first-order chi connectivity index (χ1) is 10.3. The number of aromatic nitrogens is 1. The number of aliphatic imine (C=N–C) groups is 1. The second-order valence-electron chi connectivity index (χ2n) is 5.78. The van der Waals surface area contributed by atoms with Gasteiger partial charge in [0.1, 0.15) is 0 Å². The normalized spacial score (nSPS) is 15.6. The van der Waals surface area contributed by atoms with Crippen molar-refractivity contribution < 1.29 is 4.52 Å². The predicted molar refractivity (Wildman–Crippen MR) is 101 cm³/mol. The summed E-state index contributed by atoms with van der Waals surface area (Å²) in [5, 5.41) is 10.6. The lowest BCUT2D eigenvalue weighted by molar-refractivity contribution is 0.374. The summed E-state index contributed by atoms with van der Waals surface area (Å²) >= 11 is 0. The Hall–Kier alpha value is -0.790. The molecule has 0 amide bonds. The Balaban J connectivity index is 0.00000242. The Kier molecular flexibility index (Phi) is 9.50. The fraction of sp³-hybridized carbons (Fsp3) is 0.750. The zero-order valence-electron chi connectivity index (χ0n) is 13.7. The van der Waals surface area contributed by atoms with Gasteiger partial charge in [0.2, 0.25) is 0 Å². The van der Waals surface area contributed by atoms with E-state index < -0.39 is 0 Å². The van der Waals surface area contributed by atoms with Gasteiger partial charge in [0.15, 0.2) is 11.7 Å². The molecule has 126 valence electrons. The molecule has 1 aromatic heterocycles. The van der Waals surface area contributed by atoms with Gasteiger partial charge in [-0.05, 0) is 25.2 Å². The van der Waals surface area contributed by atoms with Crippen molar-refractivity contribution >= 4 is 29.9 Å². The van der Waals surface area contributed by atoms with Crippen LogP contribution in [-0.4, -0.2) is 24.7 Å². The van der Waals surface area contributed by atoms with E-state index in [9.17, 15) is 0 Å². The number of guanidine groups is 1. The predicted octanol–water partition coefficient (Wildman–Crippen LogP) is 3.49. The SMILES string of the molecule is CCc1cc(CNC(=NC)NCCCC2CCCC2)on1.I. The van der Waals surface area contributed by atoms with Gasteiger partial charge in [-0.1, -0.05) is 37.8 Å². The summed E-state index contributed by atoms with van der Waals surface area (Å²) in [5.41, 5.74) is 0.992. The lowest BCUT2D eigenvalue weighted by Crippen LogP contribution is -2.37. The fourth-order valence-corrected chi connectivity index (χ4v) is 2.89. The van der Waals surface area contributed by atoms with Gasteiger partial charge in [-0.3, -0.25) is 4.99 Å². The van der Waals surface area contributed by atoms with E-state index in [1.807, 2.05) is 6.07 Å². The molecule has 0 unspecified atom stereocenters. The first kappa shape index (κ1) is 19.3. The van der Waals surface area contributed by atoms with Gasteiger partial charge in [-0.25, -0.2) is 0 Å². The molecule has 0 spiro atoms. The maximum absolute atomic E-state index is 5.25. The molecule has 0 aromatic carbocycles. The molecule has 1 aliphatic carbocycles. The Labute approximate surface area is 150 Å². The molecule has 1 aliphatic rings. The van der Waals surface area contributed by atoms with Crippen LogP contribution in [0.5, 0.6) is 0 Å². The van der Waals surface area contributed by atoms with Crippen molar-refractivity contribution in [1.82, 2.24) is 15.8 Å². The van der Waals surface area contributed by atoms with E-state index in [4.69, 9.17) is 4.52 Å². The van der Waals surface area contributed by atoms with Crippen LogP contribution in [0.2, 0.25) is 0 Å². The Bertz CT molecular complexity index is 441. The van der Waals surface area contributed by atoms with Crippen LogP contribution in [0.15, 0.2) is 15.6 Å². The third kappa shape index (κ3) is 6.54. The van der Waals surface area contributed by atoms with Crippen molar-refractivity contribution in [1.29, 1.82) is 0 Å². The highest BCUT2D eigenvalue weighted by atomic mass is 127. The monoisotopic (exact) mass is 420 g/mol. The lowest BCUT2D eigenvalue weighted by atomic mass is 10.0. The molecule has 5 nitrogen and oxygen atoms in total. The summed E-state index contributed by atoms with van der Waals surface area (Å²) < 4.78 is 5.25. The molecule has 22 heavy (non-hydrogen) atoms. The van der Waals surface area contributed by atoms with Gasteiger partial charge in [0.05, 0.1) is 12.2 Å². The Morgan fingerprint density at radius 1 is 1.36 bits per heavy atom. The third-order valence-electron chi connectivity index (χ3n) is 4.18. The molecule has 0 radical (unpaired) electrons. The molecule has 1 saturated carbocycles. The van der Waals surface area contributed by atoms with Gasteiger partial charge < -0.3 is 15.2 Å². The molecular formula is C16H29IN4O. The molecule has 1 aromatic rings. The number of hydrogen-bond donors (Lipinski definition) is 2. The minimum atomic E-state index is 0. The summed E-state index contributed by atoms with van der Waals surface area (Å²) in [6.07, 6.45) is 9.17. The summed E-state index contributed by atoms with van der Waals surface area (Å²) in [4.78, 5) is 4.23. The fourth-order valence-electron chi connectivity index (χ4n) is 2.89. The maximum Gasteiger partial charge on any atom is 0.191 e. The van der Waals surface area contributed by atoms with Crippen LogP contribution >= 0.6 is 24.0 Å². The lowest BCUT2D eigenvalue weighted by Gasteiger charge is -2.12. The summed E-state index contributed by atoms with van der Waals surface area (Å²) in [6, 6.07) is 1.99. The Morgan fingerprint density at radius 3 is 2.77 bits per heavy atom. The van der Waals surface area contributed by atoms with Crippen molar-refractivity contribution in [3.8, 4) is 0 Å². The zero-order valence-corrected chi connectivity index (χ0v) is 16.1. The second-order valence-corrected chi connectivity index (χ2v) is 5.78. The molecule has 1 fully saturated rings. The van der Waals surface area contributed by atoms with Crippen molar-refractivity contribution in [2.45, 2.75) is 58.4 Å². The average molecular weight is 420 g/mol. The van der Waals surface area contributed by atoms with Crippen LogP contribution in [0, 0.1) is 5.92 Å². The molecule has 0 atom stereocenters. The van der Waals surface area contributed by atoms with Crippen LogP contribution in [0.25, 0.3) is 0 Å². The Morgan fingerprint density at radius 2 is 2.14 bits per heavy atom. The topological polar surface area (TPSA) is 62.5 Å². The molecular weight excluding hydrogens is 391 g/mol. The molecule has 1 heterocycles. The summed E-state index contributed by atoms with van der Waals surface area (Å²) in [6.45, 7) is 3.67. The van der Waals surface area contributed by atoms with E-state index in [1.165, 1.54) is 38.5 Å². The molecule has 0 saturated heterocycles. The van der Waals surface area contributed by atoms with E-state index in [-0.39, 0.29) is 24.0 Å². The highest BCUT2D eigenvalue weighted by Gasteiger charge is 2.14. The molecule has 6 heteroatoms. The van der Waals surface area contributed by atoms with E-state index in [1.54, 1.807) is 7.05 Å². The molecule has 0 aliphatic heterocycles. The van der Waals surface area contributed by atoms with Crippen molar-refractivity contribution in [2.75, 3.05) is 13.6 Å².